The largest absolute Gasteiger partial charge is 0.494 e. The monoisotopic (exact) mass is 276 g/mol. The molecule has 0 bridgehead atoms. The van der Waals surface area contributed by atoms with Gasteiger partial charge in [-0.05, 0) is 44.4 Å². The number of carbonyl (C=O) groups excluding carboxylic acids is 1. The Morgan fingerprint density at radius 2 is 1.95 bits per heavy atom. The SMILES string of the molecule is CCOc1ccc([C@@H](C)NC(=O)NC2CCCC2)cc1. The van der Waals surface area contributed by atoms with Gasteiger partial charge in [0.2, 0.25) is 0 Å². The first-order valence-electron chi connectivity index (χ1n) is 7.49. The van der Waals surface area contributed by atoms with Crippen LogP contribution in [-0.4, -0.2) is 18.7 Å². The molecule has 0 aromatic heterocycles. The second-order valence-electron chi connectivity index (χ2n) is 5.32. The minimum absolute atomic E-state index is 0.00733. The van der Waals surface area contributed by atoms with E-state index in [-0.39, 0.29) is 12.1 Å². The van der Waals surface area contributed by atoms with Gasteiger partial charge in [0.05, 0.1) is 12.6 Å². The van der Waals surface area contributed by atoms with E-state index in [4.69, 9.17) is 4.74 Å². The molecule has 20 heavy (non-hydrogen) atoms. The first kappa shape index (κ1) is 14.7. The highest BCUT2D eigenvalue weighted by Gasteiger charge is 2.18. The summed E-state index contributed by atoms with van der Waals surface area (Å²) in [7, 11) is 0. The van der Waals surface area contributed by atoms with Crippen LogP contribution in [-0.2, 0) is 0 Å². The average molecular weight is 276 g/mol. The highest BCUT2D eigenvalue weighted by molar-refractivity contribution is 5.74. The maximum absolute atomic E-state index is 11.9. The molecule has 1 saturated carbocycles. The average Bonchev–Trinajstić information content (AvgIpc) is 2.92. The van der Waals surface area contributed by atoms with Crippen molar-refractivity contribution >= 4 is 6.03 Å². The standard InChI is InChI=1S/C16H24N2O2/c1-3-20-15-10-8-13(9-11-15)12(2)17-16(19)18-14-6-4-5-7-14/h8-12,14H,3-7H2,1-2H3,(H2,17,18,19)/t12-/m1/s1. The minimum atomic E-state index is -0.0710. The molecule has 0 radical (unpaired) electrons. The maximum Gasteiger partial charge on any atom is 0.315 e. The van der Waals surface area contributed by atoms with Gasteiger partial charge in [0.15, 0.2) is 0 Å². The Morgan fingerprint density at radius 1 is 1.30 bits per heavy atom. The molecule has 0 saturated heterocycles. The first-order valence-corrected chi connectivity index (χ1v) is 7.49. The van der Waals surface area contributed by atoms with Gasteiger partial charge < -0.3 is 15.4 Å². The molecule has 2 rings (SSSR count). The molecule has 4 nitrogen and oxygen atoms in total. The van der Waals surface area contributed by atoms with Crippen LogP contribution in [0.4, 0.5) is 4.79 Å². The summed E-state index contributed by atoms with van der Waals surface area (Å²) in [5, 5.41) is 6.02. The van der Waals surface area contributed by atoms with Crippen LogP contribution in [0, 0.1) is 0 Å². The summed E-state index contributed by atoms with van der Waals surface area (Å²) in [5.74, 6) is 0.860. The van der Waals surface area contributed by atoms with Crippen LogP contribution in [0.5, 0.6) is 5.75 Å². The molecule has 1 aromatic carbocycles. The van der Waals surface area contributed by atoms with Gasteiger partial charge in [-0.2, -0.15) is 0 Å². The zero-order chi connectivity index (χ0) is 14.4. The van der Waals surface area contributed by atoms with E-state index in [9.17, 15) is 4.79 Å². The molecule has 110 valence electrons. The van der Waals surface area contributed by atoms with Gasteiger partial charge in [-0.15, -0.1) is 0 Å². The second kappa shape index (κ2) is 7.17. The lowest BCUT2D eigenvalue weighted by Crippen LogP contribution is -2.41. The summed E-state index contributed by atoms with van der Waals surface area (Å²) in [6.07, 6.45) is 4.65. The predicted octanol–water partition coefficient (Wildman–Crippen LogP) is 3.39. The van der Waals surface area contributed by atoms with Crippen LogP contribution in [0.25, 0.3) is 0 Å². The van der Waals surface area contributed by atoms with Gasteiger partial charge in [0, 0.05) is 6.04 Å². The van der Waals surface area contributed by atoms with Crippen molar-refractivity contribution in [3.8, 4) is 5.75 Å². The van der Waals surface area contributed by atoms with Gasteiger partial charge in [-0.25, -0.2) is 4.79 Å². The van der Waals surface area contributed by atoms with Crippen LogP contribution < -0.4 is 15.4 Å². The third kappa shape index (κ3) is 4.15. The minimum Gasteiger partial charge on any atom is -0.494 e. The van der Waals surface area contributed by atoms with Crippen molar-refractivity contribution in [2.24, 2.45) is 0 Å². The number of carbonyl (C=O) groups is 1. The van der Waals surface area contributed by atoms with Crippen molar-refractivity contribution in [2.45, 2.75) is 51.6 Å². The Hall–Kier alpha value is -1.71. The molecule has 4 heteroatoms. The number of hydrogen-bond donors (Lipinski definition) is 2. The zero-order valence-corrected chi connectivity index (χ0v) is 12.3. The number of benzene rings is 1. The molecule has 0 unspecified atom stereocenters. The molecule has 0 heterocycles. The molecular formula is C16H24N2O2. The van der Waals surface area contributed by atoms with E-state index < -0.39 is 0 Å². The Bertz CT molecular complexity index is 425. The molecule has 1 fully saturated rings. The van der Waals surface area contributed by atoms with Crippen molar-refractivity contribution < 1.29 is 9.53 Å². The fourth-order valence-electron chi connectivity index (χ4n) is 2.60. The number of ether oxygens (including phenoxy) is 1. The van der Waals surface area contributed by atoms with Crippen molar-refractivity contribution in [3.05, 3.63) is 29.8 Å². The van der Waals surface area contributed by atoms with E-state index in [0.29, 0.717) is 12.6 Å². The van der Waals surface area contributed by atoms with Crippen LogP contribution in [0.3, 0.4) is 0 Å². The van der Waals surface area contributed by atoms with Crippen molar-refractivity contribution in [3.63, 3.8) is 0 Å². The van der Waals surface area contributed by atoms with E-state index >= 15 is 0 Å². The first-order chi connectivity index (χ1) is 9.69. The number of rotatable bonds is 5. The van der Waals surface area contributed by atoms with Gasteiger partial charge in [0.1, 0.15) is 5.75 Å². The van der Waals surface area contributed by atoms with Gasteiger partial charge >= 0.3 is 6.03 Å². The highest BCUT2D eigenvalue weighted by Crippen LogP contribution is 2.19. The summed E-state index contributed by atoms with van der Waals surface area (Å²) in [6, 6.07) is 8.13. The van der Waals surface area contributed by atoms with Gasteiger partial charge in [-0.3, -0.25) is 0 Å². The fraction of sp³-hybridized carbons (Fsp3) is 0.562. The third-order valence-electron chi connectivity index (χ3n) is 3.73. The number of nitrogens with one attached hydrogen (secondary N) is 2. The summed E-state index contributed by atoms with van der Waals surface area (Å²) in [4.78, 5) is 11.9. The van der Waals surface area contributed by atoms with Gasteiger partial charge in [-0.1, -0.05) is 25.0 Å². The Kier molecular flexibility index (Phi) is 5.27. The Morgan fingerprint density at radius 3 is 2.55 bits per heavy atom. The van der Waals surface area contributed by atoms with Gasteiger partial charge in [0.25, 0.3) is 0 Å². The van der Waals surface area contributed by atoms with E-state index in [1.165, 1.54) is 12.8 Å². The van der Waals surface area contributed by atoms with Crippen molar-refractivity contribution in [1.29, 1.82) is 0 Å². The summed E-state index contributed by atoms with van der Waals surface area (Å²) < 4.78 is 5.41. The lowest BCUT2D eigenvalue weighted by atomic mass is 10.1. The lowest BCUT2D eigenvalue weighted by Gasteiger charge is -2.18. The Labute approximate surface area is 120 Å². The van der Waals surface area contributed by atoms with E-state index in [1.807, 2.05) is 38.1 Å². The van der Waals surface area contributed by atoms with E-state index in [1.54, 1.807) is 0 Å². The molecule has 2 N–H and O–H groups in total. The number of amides is 2. The Balaban J connectivity index is 1.83. The summed E-state index contributed by atoms with van der Waals surface area (Å²) in [6.45, 7) is 4.62. The van der Waals surface area contributed by atoms with Crippen molar-refractivity contribution in [1.82, 2.24) is 10.6 Å². The van der Waals surface area contributed by atoms with E-state index in [0.717, 1.165) is 24.2 Å². The molecule has 0 spiro atoms. The number of hydrogen-bond acceptors (Lipinski definition) is 2. The van der Waals surface area contributed by atoms with Crippen LogP contribution in [0.1, 0.15) is 51.1 Å². The second-order valence-corrected chi connectivity index (χ2v) is 5.32. The summed E-state index contributed by atoms with van der Waals surface area (Å²) in [5.41, 5.74) is 1.08. The topological polar surface area (TPSA) is 50.4 Å². The molecular weight excluding hydrogens is 252 g/mol. The normalized spacial score (nSPS) is 16.7. The molecule has 1 aliphatic rings. The van der Waals surface area contributed by atoms with Crippen LogP contribution in [0.2, 0.25) is 0 Å². The molecule has 2 amide bonds. The van der Waals surface area contributed by atoms with Crippen LogP contribution >= 0.6 is 0 Å². The molecule has 1 atom stereocenters. The summed E-state index contributed by atoms with van der Waals surface area (Å²) >= 11 is 0. The third-order valence-corrected chi connectivity index (χ3v) is 3.73. The maximum atomic E-state index is 11.9. The van der Waals surface area contributed by atoms with Crippen LogP contribution in [0.15, 0.2) is 24.3 Å². The zero-order valence-electron chi connectivity index (χ0n) is 12.3. The van der Waals surface area contributed by atoms with E-state index in [2.05, 4.69) is 10.6 Å². The smallest absolute Gasteiger partial charge is 0.315 e. The predicted molar refractivity (Wildman–Crippen MR) is 79.9 cm³/mol. The quantitative estimate of drug-likeness (QED) is 0.866. The lowest BCUT2D eigenvalue weighted by molar-refractivity contribution is 0.234. The highest BCUT2D eigenvalue weighted by atomic mass is 16.5. The molecule has 1 aromatic rings. The van der Waals surface area contributed by atoms with Crippen molar-refractivity contribution in [2.75, 3.05) is 6.61 Å². The molecule has 1 aliphatic carbocycles. The number of urea groups is 1. The molecule has 0 aliphatic heterocycles. The fourth-order valence-corrected chi connectivity index (χ4v) is 2.60.